The maximum Gasteiger partial charge on any atom is 0.290 e. The van der Waals surface area contributed by atoms with Crippen LogP contribution in [-0.2, 0) is 16.1 Å². The molecule has 0 bridgehead atoms. The zero-order valence-corrected chi connectivity index (χ0v) is 14.7. The van der Waals surface area contributed by atoms with E-state index in [1.807, 2.05) is 0 Å². The van der Waals surface area contributed by atoms with Crippen molar-refractivity contribution in [2.24, 2.45) is 5.92 Å². The molecule has 1 aromatic heterocycles. The fourth-order valence-corrected chi connectivity index (χ4v) is 3.98. The first-order valence-electron chi connectivity index (χ1n) is 9.15. The Labute approximate surface area is 148 Å². The van der Waals surface area contributed by atoms with Crippen LogP contribution in [0.1, 0.15) is 44.9 Å². The molecule has 2 N–H and O–H groups in total. The summed E-state index contributed by atoms with van der Waals surface area (Å²) in [5.41, 5.74) is 0. The van der Waals surface area contributed by atoms with Gasteiger partial charge in [-0.05, 0) is 51.1 Å². The molecule has 1 amide bonds. The summed E-state index contributed by atoms with van der Waals surface area (Å²) in [4.78, 5) is 26.9. The molecular weight excluding hydrogens is 322 g/mol. The molecule has 2 aliphatic heterocycles. The molecule has 8 nitrogen and oxygen atoms in total. The minimum absolute atomic E-state index is 0.174. The fourth-order valence-electron chi connectivity index (χ4n) is 3.98. The van der Waals surface area contributed by atoms with Crippen LogP contribution in [0.3, 0.4) is 0 Å². The predicted octanol–water partition coefficient (Wildman–Crippen LogP) is 1.14. The van der Waals surface area contributed by atoms with Gasteiger partial charge in [0.1, 0.15) is 12.7 Å². The Hall–Kier alpha value is -1.96. The van der Waals surface area contributed by atoms with E-state index in [1.165, 1.54) is 51.5 Å². The Morgan fingerprint density at radius 2 is 2.08 bits per heavy atom. The number of rotatable bonds is 6. The average Bonchev–Trinajstić information content (AvgIpc) is 3.14. The molecule has 2 saturated heterocycles. The van der Waals surface area contributed by atoms with Crippen LogP contribution in [0, 0.1) is 5.92 Å². The standard InChI is InChI=1S/C16H27N5O.CH2O2/c22-16(18-8-11-21-13-17-12-19-21)7-6-14-4-3-10-20-9-2-1-5-15(14)20;2-1-3/h12-15H,1-11H2,(H,18,22);1H,(H,2,3)/t14-,15+;/m0./s1. The molecule has 0 spiro atoms. The highest BCUT2D eigenvalue weighted by molar-refractivity contribution is 5.75. The zero-order chi connectivity index (χ0) is 17.9. The Kier molecular flexibility index (Phi) is 8.38. The molecule has 1 aromatic rings. The number of nitrogens with one attached hydrogen (secondary N) is 1. The van der Waals surface area contributed by atoms with Crippen molar-refractivity contribution in [3.05, 3.63) is 12.7 Å². The van der Waals surface area contributed by atoms with Crippen LogP contribution in [0.4, 0.5) is 0 Å². The van der Waals surface area contributed by atoms with Gasteiger partial charge >= 0.3 is 0 Å². The minimum Gasteiger partial charge on any atom is -0.483 e. The van der Waals surface area contributed by atoms with Crippen molar-refractivity contribution in [2.75, 3.05) is 19.6 Å². The lowest BCUT2D eigenvalue weighted by Gasteiger charge is -2.44. The normalized spacial score (nSPS) is 23.0. The molecule has 140 valence electrons. The monoisotopic (exact) mass is 351 g/mol. The van der Waals surface area contributed by atoms with Gasteiger partial charge in [-0.25, -0.2) is 4.98 Å². The summed E-state index contributed by atoms with van der Waals surface area (Å²) in [6.07, 6.45) is 11.5. The van der Waals surface area contributed by atoms with Gasteiger partial charge in [-0.2, -0.15) is 5.10 Å². The molecule has 3 heterocycles. The zero-order valence-electron chi connectivity index (χ0n) is 14.7. The quantitative estimate of drug-likeness (QED) is 0.746. The average molecular weight is 351 g/mol. The topological polar surface area (TPSA) is 100 Å². The summed E-state index contributed by atoms with van der Waals surface area (Å²) in [7, 11) is 0. The maximum absolute atomic E-state index is 12.0. The van der Waals surface area contributed by atoms with Crippen molar-refractivity contribution in [1.82, 2.24) is 25.0 Å². The van der Waals surface area contributed by atoms with Crippen LogP contribution in [0.2, 0.25) is 0 Å². The minimum atomic E-state index is -0.250. The summed E-state index contributed by atoms with van der Waals surface area (Å²) in [6.45, 7) is 3.60. The lowest BCUT2D eigenvalue weighted by Crippen LogP contribution is -2.48. The largest absolute Gasteiger partial charge is 0.483 e. The smallest absolute Gasteiger partial charge is 0.290 e. The van der Waals surface area contributed by atoms with Crippen LogP contribution in [0.15, 0.2) is 12.7 Å². The van der Waals surface area contributed by atoms with E-state index in [2.05, 4.69) is 20.3 Å². The highest BCUT2D eigenvalue weighted by atomic mass is 16.3. The highest BCUT2D eigenvalue weighted by Crippen LogP contribution is 2.33. The molecule has 0 radical (unpaired) electrons. The van der Waals surface area contributed by atoms with E-state index in [9.17, 15) is 4.79 Å². The summed E-state index contributed by atoms with van der Waals surface area (Å²) < 4.78 is 1.74. The van der Waals surface area contributed by atoms with Crippen molar-refractivity contribution in [3.63, 3.8) is 0 Å². The van der Waals surface area contributed by atoms with E-state index in [-0.39, 0.29) is 12.4 Å². The van der Waals surface area contributed by atoms with Crippen LogP contribution in [0.5, 0.6) is 0 Å². The van der Waals surface area contributed by atoms with Gasteiger partial charge in [0.15, 0.2) is 0 Å². The van der Waals surface area contributed by atoms with Gasteiger partial charge in [0.2, 0.25) is 5.91 Å². The number of carboxylic acid groups (broad SMARTS) is 1. The van der Waals surface area contributed by atoms with Crippen molar-refractivity contribution >= 4 is 12.4 Å². The number of hydrogen-bond acceptors (Lipinski definition) is 5. The molecule has 2 aliphatic rings. The molecule has 2 atom stereocenters. The molecule has 3 rings (SSSR count). The third-order valence-electron chi connectivity index (χ3n) is 5.10. The number of nitrogens with zero attached hydrogens (tertiary/aromatic N) is 4. The molecule has 2 fully saturated rings. The SMILES string of the molecule is O=C(CC[C@@H]1CCCN2CCCC[C@H]12)NCCn1cncn1.O=CO. The third-order valence-corrected chi connectivity index (χ3v) is 5.10. The van der Waals surface area contributed by atoms with Gasteiger partial charge in [0.05, 0.1) is 6.54 Å². The first kappa shape index (κ1) is 19.4. The summed E-state index contributed by atoms with van der Waals surface area (Å²) >= 11 is 0. The number of carbonyl (C=O) groups is 2. The molecule has 0 unspecified atom stereocenters. The lowest BCUT2D eigenvalue weighted by molar-refractivity contribution is -0.123. The van der Waals surface area contributed by atoms with Gasteiger partial charge in [0.25, 0.3) is 6.47 Å². The van der Waals surface area contributed by atoms with Crippen molar-refractivity contribution < 1.29 is 14.7 Å². The summed E-state index contributed by atoms with van der Waals surface area (Å²) in [6, 6.07) is 0.741. The Morgan fingerprint density at radius 3 is 2.84 bits per heavy atom. The van der Waals surface area contributed by atoms with Crippen molar-refractivity contribution in [3.8, 4) is 0 Å². The Balaban J connectivity index is 0.000000701. The fraction of sp³-hybridized carbons (Fsp3) is 0.765. The van der Waals surface area contributed by atoms with Gasteiger partial charge in [-0.1, -0.05) is 6.42 Å². The first-order valence-corrected chi connectivity index (χ1v) is 9.15. The van der Waals surface area contributed by atoms with Crippen LogP contribution >= 0.6 is 0 Å². The lowest BCUT2D eigenvalue weighted by atomic mass is 9.81. The molecule has 0 aliphatic carbocycles. The highest BCUT2D eigenvalue weighted by Gasteiger charge is 2.32. The summed E-state index contributed by atoms with van der Waals surface area (Å²) in [5.74, 6) is 0.892. The Bertz CT molecular complexity index is 506. The van der Waals surface area contributed by atoms with E-state index in [0.29, 0.717) is 19.5 Å². The second-order valence-corrected chi connectivity index (χ2v) is 6.65. The van der Waals surface area contributed by atoms with E-state index in [4.69, 9.17) is 9.90 Å². The number of aromatic nitrogens is 3. The molecule has 0 saturated carbocycles. The molecular formula is C17H29N5O3. The molecule has 25 heavy (non-hydrogen) atoms. The number of piperidine rings is 2. The van der Waals surface area contributed by atoms with Gasteiger partial charge in [-0.15, -0.1) is 0 Å². The van der Waals surface area contributed by atoms with Crippen LogP contribution < -0.4 is 5.32 Å². The van der Waals surface area contributed by atoms with E-state index in [0.717, 1.165) is 18.4 Å². The summed E-state index contributed by atoms with van der Waals surface area (Å²) in [5, 5.41) is 13.9. The van der Waals surface area contributed by atoms with E-state index >= 15 is 0 Å². The third kappa shape index (κ3) is 6.45. The first-order chi connectivity index (χ1) is 12.2. The maximum atomic E-state index is 12.0. The van der Waals surface area contributed by atoms with Crippen LogP contribution in [0.25, 0.3) is 0 Å². The van der Waals surface area contributed by atoms with E-state index in [1.54, 1.807) is 11.0 Å². The number of hydrogen-bond donors (Lipinski definition) is 2. The molecule has 8 heteroatoms. The number of fused-ring (bicyclic) bond motifs is 1. The second-order valence-electron chi connectivity index (χ2n) is 6.65. The van der Waals surface area contributed by atoms with Gasteiger partial charge in [0, 0.05) is 19.0 Å². The van der Waals surface area contributed by atoms with Crippen molar-refractivity contribution in [2.45, 2.75) is 57.5 Å². The Morgan fingerprint density at radius 1 is 1.28 bits per heavy atom. The van der Waals surface area contributed by atoms with Crippen LogP contribution in [-0.4, -0.2) is 62.8 Å². The van der Waals surface area contributed by atoms with Gasteiger partial charge < -0.3 is 15.3 Å². The van der Waals surface area contributed by atoms with Crippen molar-refractivity contribution in [1.29, 1.82) is 0 Å². The second kappa shape index (κ2) is 10.8. The van der Waals surface area contributed by atoms with E-state index < -0.39 is 0 Å². The number of amides is 1. The van der Waals surface area contributed by atoms with Gasteiger partial charge in [-0.3, -0.25) is 14.3 Å². The predicted molar refractivity (Wildman–Crippen MR) is 92.9 cm³/mol. The number of carbonyl (C=O) groups excluding carboxylic acids is 1. The molecule has 0 aromatic carbocycles.